The van der Waals surface area contributed by atoms with Gasteiger partial charge in [-0.25, -0.2) is 0 Å². The fraction of sp³-hybridized carbons (Fsp3) is 0.400. The van der Waals surface area contributed by atoms with Crippen LogP contribution >= 0.6 is 0 Å². The lowest BCUT2D eigenvalue weighted by atomic mass is 9.92. The molecule has 2 heterocycles. The van der Waals surface area contributed by atoms with E-state index >= 15 is 0 Å². The Morgan fingerprint density at radius 1 is 1.00 bits per heavy atom. The van der Waals surface area contributed by atoms with Crippen LogP contribution in [0.1, 0.15) is 40.0 Å². The summed E-state index contributed by atoms with van der Waals surface area (Å²) in [4.78, 5) is 29.5. The first-order valence-electron chi connectivity index (χ1n) is 8.88. The summed E-state index contributed by atoms with van der Waals surface area (Å²) < 4.78 is 5.05. The van der Waals surface area contributed by atoms with E-state index in [1.807, 2.05) is 30.3 Å². The monoisotopic (exact) mass is 338 g/mol. The van der Waals surface area contributed by atoms with Crippen molar-refractivity contribution in [3.63, 3.8) is 0 Å². The number of methoxy groups -OCH3 is 1. The maximum absolute atomic E-state index is 12.9. The van der Waals surface area contributed by atoms with Gasteiger partial charge in [-0.3, -0.25) is 14.5 Å². The Kier molecular flexibility index (Phi) is 4.17. The number of imide groups is 1. The van der Waals surface area contributed by atoms with Crippen molar-refractivity contribution < 1.29 is 14.3 Å². The van der Waals surface area contributed by atoms with Gasteiger partial charge in [-0.2, -0.15) is 0 Å². The van der Waals surface area contributed by atoms with Gasteiger partial charge in [0, 0.05) is 60.9 Å². The molecular formula is C20H22N2O3. The van der Waals surface area contributed by atoms with Crippen LogP contribution in [0.25, 0.3) is 10.8 Å². The molecule has 2 amide bonds. The smallest absolute Gasteiger partial charge is 0.261 e. The van der Waals surface area contributed by atoms with E-state index in [1.54, 1.807) is 7.11 Å². The van der Waals surface area contributed by atoms with Crippen LogP contribution < -0.4 is 4.90 Å². The van der Waals surface area contributed by atoms with Crippen LogP contribution in [0.3, 0.4) is 0 Å². The van der Waals surface area contributed by atoms with Gasteiger partial charge in [0.2, 0.25) is 0 Å². The Morgan fingerprint density at radius 2 is 1.72 bits per heavy atom. The van der Waals surface area contributed by atoms with Crippen molar-refractivity contribution in [1.82, 2.24) is 4.90 Å². The summed E-state index contributed by atoms with van der Waals surface area (Å²) in [7, 11) is 1.62. The summed E-state index contributed by atoms with van der Waals surface area (Å²) in [5.74, 6) is -0.393. The zero-order valence-corrected chi connectivity index (χ0v) is 14.5. The molecule has 5 nitrogen and oxygen atoms in total. The van der Waals surface area contributed by atoms with E-state index in [2.05, 4.69) is 4.90 Å². The first-order chi connectivity index (χ1) is 12.2. The average Bonchev–Trinajstić information content (AvgIpc) is 3.16. The second kappa shape index (κ2) is 6.48. The molecule has 2 aromatic rings. The normalized spacial score (nSPS) is 17.0. The van der Waals surface area contributed by atoms with Gasteiger partial charge in [-0.05, 0) is 37.5 Å². The van der Waals surface area contributed by atoms with E-state index in [-0.39, 0.29) is 11.8 Å². The Hall–Kier alpha value is -2.40. The van der Waals surface area contributed by atoms with Gasteiger partial charge in [0.25, 0.3) is 11.8 Å². The number of anilines is 1. The van der Waals surface area contributed by atoms with E-state index in [4.69, 9.17) is 4.74 Å². The van der Waals surface area contributed by atoms with Crippen molar-refractivity contribution in [3.05, 3.63) is 41.5 Å². The molecule has 130 valence electrons. The topological polar surface area (TPSA) is 49.9 Å². The van der Waals surface area contributed by atoms with Crippen LogP contribution in [-0.4, -0.2) is 50.1 Å². The molecule has 2 aliphatic rings. The summed E-state index contributed by atoms with van der Waals surface area (Å²) in [6, 6.07) is 9.70. The number of ether oxygens (including phenoxy) is 1. The first-order valence-corrected chi connectivity index (χ1v) is 8.88. The fourth-order valence-electron chi connectivity index (χ4n) is 3.93. The zero-order valence-electron chi connectivity index (χ0n) is 14.5. The third kappa shape index (κ3) is 2.59. The fourth-order valence-corrected chi connectivity index (χ4v) is 3.93. The van der Waals surface area contributed by atoms with Crippen molar-refractivity contribution >= 4 is 28.3 Å². The molecule has 5 heteroatoms. The highest BCUT2D eigenvalue weighted by molar-refractivity contribution is 6.26. The van der Waals surface area contributed by atoms with Gasteiger partial charge in [-0.15, -0.1) is 0 Å². The van der Waals surface area contributed by atoms with Crippen LogP contribution in [-0.2, 0) is 4.74 Å². The van der Waals surface area contributed by atoms with Gasteiger partial charge in [0.05, 0.1) is 0 Å². The minimum absolute atomic E-state index is 0.197. The molecule has 25 heavy (non-hydrogen) atoms. The molecule has 2 aliphatic heterocycles. The number of hydrogen-bond donors (Lipinski definition) is 0. The number of benzene rings is 2. The molecule has 0 radical (unpaired) electrons. The Labute approximate surface area is 147 Å². The van der Waals surface area contributed by atoms with Crippen LogP contribution in [0.5, 0.6) is 0 Å². The van der Waals surface area contributed by atoms with Crippen molar-refractivity contribution in [3.8, 4) is 0 Å². The van der Waals surface area contributed by atoms with E-state index in [0.717, 1.165) is 29.5 Å². The maximum Gasteiger partial charge on any atom is 0.261 e. The van der Waals surface area contributed by atoms with Crippen molar-refractivity contribution in [2.45, 2.75) is 19.3 Å². The van der Waals surface area contributed by atoms with Gasteiger partial charge < -0.3 is 9.64 Å². The number of carbonyl (C=O) groups excluding carboxylic acids is 2. The van der Waals surface area contributed by atoms with Crippen LogP contribution in [0, 0.1) is 0 Å². The van der Waals surface area contributed by atoms with Crippen molar-refractivity contribution in [2.75, 3.05) is 38.3 Å². The number of nitrogens with zero attached hydrogens (tertiary/aromatic N) is 2. The predicted octanol–water partition coefficient (Wildman–Crippen LogP) is 3.07. The lowest BCUT2D eigenvalue weighted by Crippen LogP contribution is -2.41. The molecule has 0 unspecified atom stereocenters. The molecule has 0 aliphatic carbocycles. The van der Waals surface area contributed by atoms with Crippen LogP contribution in [0.4, 0.5) is 5.69 Å². The van der Waals surface area contributed by atoms with Gasteiger partial charge >= 0.3 is 0 Å². The largest absolute Gasteiger partial charge is 0.385 e. The highest BCUT2D eigenvalue weighted by atomic mass is 16.5. The summed E-state index contributed by atoms with van der Waals surface area (Å²) in [5, 5.41) is 1.82. The zero-order chi connectivity index (χ0) is 17.4. The Bertz CT molecular complexity index is 818. The van der Waals surface area contributed by atoms with E-state index in [1.165, 1.54) is 17.7 Å². The van der Waals surface area contributed by atoms with E-state index < -0.39 is 0 Å². The number of hydrogen-bond acceptors (Lipinski definition) is 4. The molecule has 1 fully saturated rings. The molecule has 0 N–H and O–H groups in total. The lowest BCUT2D eigenvalue weighted by molar-refractivity contribution is 0.0595. The molecule has 0 bridgehead atoms. The van der Waals surface area contributed by atoms with Gasteiger partial charge in [-0.1, -0.05) is 12.1 Å². The minimum atomic E-state index is -0.197. The third-order valence-electron chi connectivity index (χ3n) is 5.15. The van der Waals surface area contributed by atoms with Gasteiger partial charge in [0.15, 0.2) is 0 Å². The van der Waals surface area contributed by atoms with E-state index in [0.29, 0.717) is 30.7 Å². The number of amides is 2. The van der Waals surface area contributed by atoms with Crippen molar-refractivity contribution in [2.24, 2.45) is 0 Å². The molecule has 0 aromatic heterocycles. The van der Waals surface area contributed by atoms with Gasteiger partial charge in [0.1, 0.15) is 0 Å². The third-order valence-corrected chi connectivity index (χ3v) is 5.15. The molecule has 0 spiro atoms. The van der Waals surface area contributed by atoms with Crippen molar-refractivity contribution in [1.29, 1.82) is 0 Å². The number of rotatable bonds is 5. The summed E-state index contributed by atoms with van der Waals surface area (Å²) in [6.07, 6.45) is 3.02. The molecule has 0 saturated carbocycles. The van der Waals surface area contributed by atoms with Crippen LogP contribution in [0.15, 0.2) is 30.3 Å². The second-order valence-electron chi connectivity index (χ2n) is 6.66. The maximum atomic E-state index is 12.9. The first kappa shape index (κ1) is 16.1. The Morgan fingerprint density at radius 3 is 2.44 bits per heavy atom. The molecule has 0 atom stereocenters. The summed E-state index contributed by atoms with van der Waals surface area (Å²) in [5.41, 5.74) is 2.39. The summed E-state index contributed by atoms with van der Waals surface area (Å²) >= 11 is 0. The second-order valence-corrected chi connectivity index (χ2v) is 6.66. The SMILES string of the molecule is COCCCN1C(=O)c2cccc3c(N4CCCC4)ccc(c23)C1=O. The van der Waals surface area contributed by atoms with Crippen LogP contribution in [0.2, 0.25) is 0 Å². The highest BCUT2D eigenvalue weighted by Gasteiger charge is 2.33. The molecule has 1 saturated heterocycles. The quantitative estimate of drug-likeness (QED) is 0.621. The molecule has 2 aromatic carbocycles. The number of carbonyl (C=O) groups is 2. The minimum Gasteiger partial charge on any atom is -0.385 e. The lowest BCUT2D eigenvalue weighted by Gasteiger charge is -2.29. The Balaban J connectivity index is 1.80. The standard InChI is InChI=1S/C20H22N2O3/c1-25-13-5-12-22-19(23)15-7-4-6-14-17(21-10-2-3-11-21)9-8-16(18(14)15)20(22)24/h4,6-9H,2-3,5,10-13H2,1H3. The highest BCUT2D eigenvalue weighted by Crippen LogP contribution is 2.37. The molecule has 4 rings (SSSR count). The molecular weight excluding hydrogens is 316 g/mol. The predicted molar refractivity (Wildman–Crippen MR) is 97.3 cm³/mol. The average molecular weight is 338 g/mol. The summed E-state index contributed by atoms with van der Waals surface area (Å²) in [6.45, 7) is 2.98. The van der Waals surface area contributed by atoms with E-state index in [9.17, 15) is 9.59 Å².